The van der Waals surface area contributed by atoms with Crippen molar-refractivity contribution in [1.82, 2.24) is 0 Å². The van der Waals surface area contributed by atoms with Gasteiger partial charge >= 0.3 is 0 Å². The molecule has 2 unspecified atom stereocenters. The van der Waals surface area contributed by atoms with Crippen molar-refractivity contribution in [2.24, 2.45) is 0 Å². The lowest BCUT2D eigenvalue weighted by atomic mass is 10.1. The predicted octanol–water partition coefficient (Wildman–Crippen LogP) is 2.90. The summed E-state index contributed by atoms with van der Waals surface area (Å²) in [7, 11) is 0. The highest BCUT2D eigenvalue weighted by molar-refractivity contribution is 5.19. The fourth-order valence-electron chi connectivity index (χ4n) is 1.92. The van der Waals surface area contributed by atoms with E-state index in [4.69, 9.17) is 9.47 Å². The lowest BCUT2D eigenvalue weighted by Crippen LogP contribution is -2.20. The van der Waals surface area contributed by atoms with Gasteiger partial charge in [0.1, 0.15) is 6.10 Å². The average molecular weight is 192 g/mol. The summed E-state index contributed by atoms with van der Waals surface area (Å²) in [6.07, 6.45) is 0.179. The van der Waals surface area contributed by atoms with Crippen LogP contribution in [0.15, 0.2) is 30.3 Å². The first-order chi connectivity index (χ1) is 6.58. The van der Waals surface area contributed by atoms with Crippen molar-refractivity contribution in [1.29, 1.82) is 0 Å². The van der Waals surface area contributed by atoms with Crippen LogP contribution in [0, 0.1) is 0 Å². The van der Waals surface area contributed by atoms with Crippen LogP contribution in [0.3, 0.4) is 0 Å². The summed E-state index contributed by atoms with van der Waals surface area (Å²) in [6, 6.07) is 10.2. The van der Waals surface area contributed by atoms with E-state index in [1.165, 1.54) is 5.56 Å². The maximum absolute atomic E-state index is 5.82. The van der Waals surface area contributed by atoms with Gasteiger partial charge in [0.2, 0.25) is 0 Å². The van der Waals surface area contributed by atoms with Crippen molar-refractivity contribution in [2.75, 3.05) is 0 Å². The summed E-state index contributed by atoms with van der Waals surface area (Å²) in [5.74, 6) is -0.458. The van der Waals surface area contributed by atoms with Gasteiger partial charge in [0.05, 0.1) is 6.10 Å². The molecule has 2 rings (SSSR count). The molecule has 14 heavy (non-hydrogen) atoms. The number of benzene rings is 1. The SMILES string of the molecule is CC1OC(C)(C)OC1c1ccccc1. The molecule has 1 aromatic rings. The Kier molecular flexibility index (Phi) is 2.33. The molecular weight excluding hydrogens is 176 g/mol. The van der Waals surface area contributed by atoms with E-state index in [1.54, 1.807) is 0 Å². The topological polar surface area (TPSA) is 18.5 Å². The minimum absolute atomic E-state index is 0.0613. The summed E-state index contributed by atoms with van der Waals surface area (Å²) in [6.45, 7) is 5.95. The highest BCUT2D eigenvalue weighted by Crippen LogP contribution is 2.37. The first-order valence-corrected chi connectivity index (χ1v) is 4.99. The molecule has 0 aliphatic carbocycles. The van der Waals surface area contributed by atoms with E-state index in [-0.39, 0.29) is 12.2 Å². The zero-order valence-electron chi connectivity index (χ0n) is 8.86. The lowest BCUT2D eigenvalue weighted by Gasteiger charge is -2.16. The van der Waals surface area contributed by atoms with Gasteiger partial charge in [0.15, 0.2) is 5.79 Å². The Morgan fingerprint density at radius 3 is 2.21 bits per heavy atom. The molecule has 0 amide bonds. The molecule has 1 saturated heterocycles. The Morgan fingerprint density at radius 2 is 1.71 bits per heavy atom. The van der Waals surface area contributed by atoms with Crippen molar-refractivity contribution in [3.05, 3.63) is 35.9 Å². The van der Waals surface area contributed by atoms with Gasteiger partial charge in [-0.1, -0.05) is 30.3 Å². The molecule has 1 aliphatic rings. The zero-order valence-corrected chi connectivity index (χ0v) is 8.86. The molecule has 2 atom stereocenters. The molecular formula is C12H16O2. The standard InChI is InChI=1S/C12H16O2/c1-9-11(14-12(2,3)13-9)10-7-5-4-6-8-10/h4-9,11H,1-3H3. The molecule has 1 heterocycles. The number of ether oxygens (including phenoxy) is 2. The molecule has 0 radical (unpaired) electrons. The molecule has 0 spiro atoms. The van der Waals surface area contributed by atoms with Crippen LogP contribution in [0.4, 0.5) is 0 Å². The van der Waals surface area contributed by atoms with Crippen LogP contribution in [-0.2, 0) is 9.47 Å². The third-order valence-electron chi connectivity index (χ3n) is 2.43. The quantitative estimate of drug-likeness (QED) is 0.681. The second-order valence-electron chi connectivity index (χ2n) is 4.17. The van der Waals surface area contributed by atoms with Crippen LogP contribution in [0.25, 0.3) is 0 Å². The van der Waals surface area contributed by atoms with E-state index in [0.717, 1.165) is 0 Å². The van der Waals surface area contributed by atoms with Crippen LogP contribution in [-0.4, -0.2) is 11.9 Å². The fraction of sp³-hybridized carbons (Fsp3) is 0.500. The van der Waals surface area contributed by atoms with Crippen molar-refractivity contribution in [3.63, 3.8) is 0 Å². The van der Waals surface area contributed by atoms with Gasteiger partial charge in [0, 0.05) is 0 Å². The molecule has 76 valence electrons. The number of hydrogen-bond acceptors (Lipinski definition) is 2. The first kappa shape index (κ1) is 9.69. The molecule has 0 bridgehead atoms. The summed E-state index contributed by atoms with van der Waals surface area (Å²) in [4.78, 5) is 0. The second-order valence-corrected chi connectivity index (χ2v) is 4.17. The Hall–Kier alpha value is -0.860. The maximum Gasteiger partial charge on any atom is 0.164 e. The van der Waals surface area contributed by atoms with Crippen LogP contribution in [0.1, 0.15) is 32.4 Å². The molecule has 2 heteroatoms. The normalized spacial score (nSPS) is 30.5. The van der Waals surface area contributed by atoms with E-state index < -0.39 is 5.79 Å². The Balaban J connectivity index is 2.21. The molecule has 1 aliphatic heterocycles. The third-order valence-corrected chi connectivity index (χ3v) is 2.43. The minimum atomic E-state index is -0.458. The van der Waals surface area contributed by atoms with Gasteiger partial charge in [-0.2, -0.15) is 0 Å². The van der Waals surface area contributed by atoms with Gasteiger partial charge in [-0.3, -0.25) is 0 Å². The zero-order chi connectivity index (χ0) is 10.2. The Bertz CT molecular complexity index is 305. The van der Waals surface area contributed by atoms with Gasteiger partial charge in [-0.15, -0.1) is 0 Å². The van der Waals surface area contributed by atoms with E-state index >= 15 is 0 Å². The Labute approximate surface area is 84.8 Å². The van der Waals surface area contributed by atoms with Crippen LogP contribution >= 0.6 is 0 Å². The average Bonchev–Trinajstić information content (AvgIpc) is 2.41. The molecule has 1 fully saturated rings. The molecule has 0 N–H and O–H groups in total. The van der Waals surface area contributed by atoms with Crippen LogP contribution in [0.2, 0.25) is 0 Å². The maximum atomic E-state index is 5.82. The smallest absolute Gasteiger partial charge is 0.164 e. The highest BCUT2D eigenvalue weighted by atomic mass is 16.7. The number of rotatable bonds is 1. The van der Waals surface area contributed by atoms with E-state index in [2.05, 4.69) is 12.1 Å². The largest absolute Gasteiger partial charge is 0.344 e. The van der Waals surface area contributed by atoms with Crippen LogP contribution in [0.5, 0.6) is 0 Å². The van der Waals surface area contributed by atoms with Crippen molar-refractivity contribution in [3.8, 4) is 0 Å². The van der Waals surface area contributed by atoms with Crippen LogP contribution < -0.4 is 0 Å². The molecule has 2 nitrogen and oxygen atoms in total. The van der Waals surface area contributed by atoms with E-state index in [0.29, 0.717) is 0 Å². The molecule has 1 aromatic carbocycles. The van der Waals surface area contributed by atoms with Gasteiger partial charge in [0.25, 0.3) is 0 Å². The predicted molar refractivity (Wildman–Crippen MR) is 54.9 cm³/mol. The van der Waals surface area contributed by atoms with Gasteiger partial charge < -0.3 is 9.47 Å². The summed E-state index contributed by atoms with van der Waals surface area (Å²) in [5, 5.41) is 0. The highest BCUT2D eigenvalue weighted by Gasteiger charge is 2.39. The number of hydrogen-bond donors (Lipinski definition) is 0. The minimum Gasteiger partial charge on any atom is -0.344 e. The van der Waals surface area contributed by atoms with Crippen molar-refractivity contribution >= 4 is 0 Å². The van der Waals surface area contributed by atoms with E-state index in [9.17, 15) is 0 Å². The Morgan fingerprint density at radius 1 is 1.07 bits per heavy atom. The third kappa shape index (κ3) is 1.81. The summed E-state index contributed by atoms with van der Waals surface area (Å²) in [5.41, 5.74) is 1.19. The van der Waals surface area contributed by atoms with Gasteiger partial charge in [-0.05, 0) is 26.3 Å². The first-order valence-electron chi connectivity index (χ1n) is 4.99. The summed E-state index contributed by atoms with van der Waals surface area (Å²) >= 11 is 0. The second kappa shape index (κ2) is 3.37. The molecule has 0 aromatic heterocycles. The van der Waals surface area contributed by atoms with Crippen molar-refractivity contribution < 1.29 is 9.47 Å². The summed E-state index contributed by atoms with van der Waals surface area (Å²) < 4.78 is 11.5. The monoisotopic (exact) mass is 192 g/mol. The van der Waals surface area contributed by atoms with Crippen molar-refractivity contribution in [2.45, 2.75) is 38.8 Å². The van der Waals surface area contributed by atoms with Gasteiger partial charge in [-0.25, -0.2) is 0 Å². The molecule has 0 saturated carbocycles. The fourth-order valence-corrected chi connectivity index (χ4v) is 1.92. The lowest BCUT2D eigenvalue weighted by molar-refractivity contribution is -0.145. The van der Waals surface area contributed by atoms with E-state index in [1.807, 2.05) is 39.0 Å².